The van der Waals surface area contributed by atoms with Crippen LogP contribution in [0.5, 0.6) is 0 Å². The van der Waals surface area contributed by atoms with E-state index in [4.69, 9.17) is 6.92 Å². The van der Waals surface area contributed by atoms with Crippen molar-refractivity contribution in [3.05, 3.63) is 61.2 Å². The van der Waals surface area contributed by atoms with E-state index in [2.05, 4.69) is 20.5 Å². The van der Waals surface area contributed by atoms with Crippen molar-refractivity contribution in [2.75, 3.05) is 0 Å². The van der Waals surface area contributed by atoms with Crippen molar-refractivity contribution >= 4 is 9.42 Å². The number of aromatic nitrogens is 1. The van der Waals surface area contributed by atoms with Gasteiger partial charge in [0.05, 0.1) is 0 Å². The molecule has 2 aromatic rings. The molecule has 21 heavy (non-hydrogen) atoms. The Kier molecular flexibility index (Phi) is 9.64. The Morgan fingerprint density at radius 3 is 2.24 bits per heavy atom. The summed E-state index contributed by atoms with van der Waals surface area (Å²) in [5, 5.41) is 0. The molecular formula is C16H16ClF2NPt-2. The number of halogens is 3. The first kappa shape index (κ1) is 20.2. The van der Waals surface area contributed by atoms with Gasteiger partial charge in [0.25, 0.3) is 0 Å². The second kappa shape index (κ2) is 10.0. The quantitative estimate of drug-likeness (QED) is 0.497. The Labute approximate surface area is 140 Å². The van der Waals surface area contributed by atoms with E-state index in [1.165, 1.54) is 0 Å². The van der Waals surface area contributed by atoms with Gasteiger partial charge in [0.2, 0.25) is 0 Å². The van der Waals surface area contributed by atoms with Crippen LogP contribution < -0.4 is 0 Å². The zero-order chi connectivity index (χ0) is 16.5. The zero-order valence-corrected chi connectivity index (χ0v) is 15.0. The van der Waals surface area contributed by atoms with Crippen molar-refractivity contribution in [3.63, 3.8) is 0 Å². The van der Waals surface area contributed by atoms with E-state index < -0.39 is 11.6 Å². The number of benzene rings is 1. The Hall–Kier alpha value is -0.792. The Balaban J connectivity index is 0.000000489. The first-order valence-corrected chi connectivity index (χ1v) is 8.78. The molecule has 5 heteroatoms. The van der Waals surface area contributed by atoms with Gasteiger partial charge in [-0.2, -0.15) is 5.41 Å². The van der Waals surface area contributed by atoms with Crippen LogP contribution in [0.4, 0.5) is 8.78 Å². The molecule has 0 unspecified atom stereocenters. The molecule has 1 heterocycles. The minimum absolute atomic E-state index is 0. The minimum atomic E-state index is -0.649. The maximum absolute atomic E-state index is 13.2. The first-order valence-electron chi connectivity index (χ1n) is 5.96. The second-order valence-corrected chi connectivity index (χ2v) is 5.12. The normalized spacial score (nSPS) is 9.95. The van der Waals surface area contributed by atoms with Crippen molar-refractivity contribution in [2.45, 2.75) is 20.8 Å². The van der Waals surface area contributed by atoms with E-state index in [0.717, 1.165) is 12.1 Å². The number of hydrogen-bond donors (Lipinski definition) is 0. The van der Waals surface area contributed by atoms with Gasteiger partial charge in [-0.25, -0.2) is 0 Å². The summed E-state index contributed by atoms with van der Waals surface area (Å²) in [6, 6.07) is 9.53. The van der Waals surface area contributed by atoms with Crippen LogP contribution in [0.1, 0.15) is 20.8 Å². The third-order valence-corrected chi connectivity index (χ3v) is 1.78. The molecule has 0 atom stereocenters. The molecule has 0 aliphatic rings. The molecule has 0 saturated heterocycles. The van der Waals surface area contributed by atoms with Crippen LogP contribution in [0.2, 0.25) is 0 Å². The first-order chi connectivity index (χ1) is 9.77. The predicted molar refractivity (Wildman–Crippen MR) is 78.0 cm³/mol. The van der Waals surface area contributed by atoms with Crippen LogP contribution in [0, 0.1) is 30.0 Å². The average molecular weight is 491 g/mol. The zero-order valence-electron chi connectivity index (χ0n) is 11.9. The molecule has 1 aromatic carbocycles. The maximum atomic E-state index is 13.2. The van der Waals surface area contributed by atoms with Crippen molar-refractivity contribution in [1.29, 1.82) is 0 Å². The van der Waals surface area contributed by atoms with Crippen molar-refractivity contribution in [2.24, 2.45) is 5.41 Å². The van der Waals surface area contributed by atoms with Gasteiger partial charge in [0.15, 0.2) is 0 Å². The van der Waals surface area contributed by atoms with Crippen LogP contribution in [0.25, 0.3) is 11.3 Å². The van der Waals surface area contributed by atoms with Gasteiger partial charge in [-0.1, -0.05) is 44.5 Å². The summed E-state index contributed by atoms with van der Waals surface area (Å²) in [6.07, 6.45) is 1.55. The third kappa shape index (κ3) is 9.71. The predicted octanol–water partition coefficient (Wildman–Crippen LogP) is 5.26. The molecule has 0 bridgehead atoms. The Morgan fingerprint density at radius 1 is 1.24 bits per heavy atom. The molecule has 0 spiro atoms. The Morgan fingerprint density at radius 2 is 1.81 bits per heavy atom. The van der Waals surface area contributed by atoms with Gasteiger partial charge in [-0.05, 0) is 11.8 Å². The van der Waals surface area contributed by atoms with E-state index in [1.54, 1.807) is 43.2 Å². The summed E-state index contributed by atoms with van der Waals surface area (Å²) in [5.74, 6) is -1.29. The summed E-state index contributed by atoms with van der Waals surface area (Å²) in [5.41, 5.74) is 0.636. The van der Waals surface area contributed by atoms with Crippen molar-refractivity contribution < 1.29 is 27.6 Å². The third-order valence-electron chi connectivity index (χ3n) is 1.78. The van der Waals surface area contributed by atoms with Gasteiger partial charge in [-0.15, -0.1) is 12.1 Å². The van der Waals surface area contributed by atoms with Crippen LogP contribution in [-0.4, -0.2) is 4.98 Å². The molecule has 0 aliphatic carbocycles. The van der Waals surface area contributed by atoms with E-state index in [9.17, 15) is 8.78 Å². The van der Waals surface area contributed by atoms with Gasteiger partial charge >= 0.3 is 28.2 Å². The van der Waals surface area contributed by atoms with Gasteiger partial charge in [-0.3, -0.25) is 8.78 Å². The number of pyridine rings is 1. The van der Waals surface area contributed by atoms with Crippen LogP contribution in [-0.2, 0) is 18.8 Å². The molecule has 0 amide bonds. The molecule has 2 rings (SSSR count). The van der Waals surface area contributed by atoms with Crippen LogP contribution in [0.3, 0.4) is 0 Å². The molecular weight excluding hydrogens is 475 g/mol. The molecule has 1 nitrogen and oxygen atoms in total. The molecule has 0 fully saturated rings. The molecule has 1 aromatic heterocycles. The summed E-state index contributed by atoms with van der Waals surface area (Å²) in [7, 11) is 4.61. The number of nitrogens with zero attached hydrogens (tertiary/aromatic N) is 1. The summed E-state index contributed by atoms with van der Waals surface area (Å²) in [4.78, 5) is 3.95. The molecule has 1 radical (unpaired) electrons. The van der Waals surface area contributed by atoms with E-state index >= 15 is 0 Å². The molecule has 0 saturated carbocycles. The van der Waals surface area contributed by atoms with Gasteiger partial charge < -0.3 is 11.9 Å². The van der Waals surface area contributed by atoms with Gasteiger partial charge in [0, 0.05) is 17.8 Å². The van der Waals surface area contributed by atoms with Crippen molar-refractivity contribution in [3.8, 4) is 11.3 Å². The van der Waals surface area contributed by atoms with Crippen LogP contribution in [0.15, 0.2) is 36.5 Å². The fraction of sp³-hybridized carbons (Fsp3) is 0.250. The van der Waals surface area contributed by atoms with Crippen molar-refractivity contribution in [1.82, 2.24) is 4.98 Å². The Bertz CT molecular complexity index is 522. The van der Waals surface area contributed by atoms with E-state index in [1.807, 2.05) is 20.8 Å². The number of hydrogen-bond acceptors (Lipinski definition) is 1. The van der Waals surface area contributed by atoms with Gasteiger partial charge in [0.1, 0.15) is 0 Å². The summed E-state index contributed by atoms with van der Waals surface area (Å²) in [6.45, 7) is 11.2. The summed E-state index contributed by atoms with van der Waals surface area (Å²) >= 11 is 1.61. The summed E-state index contributed by atoms with van der Waals surface area (Å²) < 4.78 is 25.8. The second-order valence-electron chi connectivity index (χ2n) is 5.12. The number of rotatable bonds is 1. The SMILES string of the molecule is Fc1c[c-]c(-c2ccccn2)c(F)c1.[CH-]C(C)(C)C.[Cl][Pt]. The molecule has 118 valence electrons. The van der Waals surface area contributed by atoms with E-state index in [0.29, 0.717) is 5.69 Å². The fourth-order valence-corrected chi connectivity index (χ4v) is 1.15. The monoisotopic (exact) mass is 490 g/mol. The molecule has 0 aliphatic heterocycles. The standard InChI is InChI=1S/C11H6F2N.C5H10.ClH.Pt/c12-8-4-5-9(10(13)7-8)11-3-1-2-6-14-11;1-5(2,3)4;;/h1-4,6-7H;1H,2-4H3;1H;/q2*-1;;+1/p-1. The van der Waals surface area contributed by atoms with Crippen LogP contribution >= 0.6 is 9.42 Å². The topological polar surface area (TPSA) is 12.9 Å². The van der Waals surface area contributed by atoms with E-state index in [-0.39, 0.29) is 11.0 Å². The average Bonchev–Trinajstić information content (AvgIpc) is 2.40. The molecule has 0 N–H and O–H groups in total. The fourth-order valence-electron chi connectivity index (χ4n) is 1.15.